The Labute approximate surface area is 132 Å². The average molecular weight is 317 g/mol. The highest BCUT2D eigenvalue weighted by atomic mass is 32.2. The van der Waals surface area contributed by atoms with Gasteiger partial charge in [-0.2, -0.15) is 0 Å². The number of allylic oxidation sites excluding steroid dienone is 1. The Balaban J connectivity index is 1.68. The molecule has 22 heavy (non-hydrogen) atoms. The molecule has 0 aliphatic heterocycles. The number of rotatable bonds is 3. The van der Waals surface area contributed by atoms with Crippen LogP contribution < -0.4 is 5.73 Å². The van der Waals surface area contributed by atoms with Gasteiger partial charge >= 0.3 is 0 Å². The molecule has 0 aromatic heterocycles. The van der Waals surface area contributed by atoms with Gasteiger partial charge in [-0.3, -0.25) is 0 Å². The van der Waals surface area contributed by atoms with Gasteiger partial charge in [0.25, 0.3) is 0 Å². The van der Waals surface area contributed by atoms with Gasteiger partial charge in [0.2, 0.25) is 9.84 Å². The maximum Gasteiger partial charge on any atom is 0.201 e. The normalized spacial score (nSPS) is 37.5. The highest BCUT2D eigenvalue weighted by Crippen LogP contribution is 2.61. The lowest BCUT2D eigenvalue weighted by molar-refractivity contribution is -0.0311. The molecule has 5 rings (SSSR count). The van der Waals surface area contributed by atoms with E-state index in [1.165, 1.54) is 24.7 Å². The Morgan fingerprint density at radius 2 is 1.50 bits per heavy atom. The van der Waals surface area contributed by atoms with Gasteiger partial charge in [0.1, 0.15) is 0 Å². The van der Waals surface area contributed by atoms with E-state index in [1.807, 2.05) is 6.07 Å². The van der Waals surface area contributed by atoms with E-state index in [0.717, 1.165) is 37.0 Å². The molecule has 3 nitrogen and oxygen atoms in total. The molecule has 4 aliphatic carbocycles. The van der Waals surface area contributed by atoms with Gasteiger partial charge in [-0.1, -0.05) is 18.2 Å². The lowest BCUT2D eigenvalue weighted by Gasteiger charge is -2.57. The summed E-state index contributed by atoms with van der Waals surface area (Å²) in [6.07, 6.45) is 7.26. The van der Waals surface area contributed by atoms with Crippen LogP contribution in [0.5, 0.6) is 0 Å². The summed E-state index contributed by atoms with van der Waals surface area (Å²) in [5, 5.41) is 1.36. The van der Waals surface area contributed by atoms with Crippen LogP contribution in [0.3, 0.4) is 0 Å². The second-order valence-corrected chi connectivity index (χ2v) is 9.43. The summed E-state index contributed by atoms with van der Waals surface area (Å²) >= 11 is 0. The number of benzene rings is 1. The van der Waals surface area contributed by atoms with E-state index in [4.69, 9.17) is 5.73 Å². The van der Waals surface area contributed by atoms with Gasteiger partial charge in [-0.05, 0) is 68.4 Å². The highest BCUT2D eigenvalue weighted by molar-refractivity contribution is 7.94. The van der Waals surface area contributed by atoms with Gasteiger partial charge in [-0.25, -0.2) is 8.42 Å². The first kappa shape index (κ1) is 14.3. The zero-order chi connectivity index (χ0) is 15.4. The maximum absolute atomic E-state index is 12.6. The molecule has 4 heteroatoms. The molecule has 4 saturated carbocycles. The summed E-state index contributed by atoms with van der Waals surface area (Å²) < 4.78 is 25.2. The molecule has 4 fully saturated rings. The molecule has 118 valence electrons. The highest BCUT2D eigenvalue weighted by Gasteiger charge is 2.52. The quantitative estimate of drug-likeness (QED) is 0.928. The van der Waals surface area contributed by atoms with Crippen molar-refractivity contribution in [1.82, 2.24) is 0 Å². The molecule has 0 amide bonds. The van der Waals surface area contributed by atoms with Crippen molar-refractivity contribution in [3.63, 3.8) is 0 Å². The second kappa shape index (κ2) is 4.85. The average Bonchev–Trinajstić information content (AvgIpc) is 2.46. The third-order valence-electron chi connectivity index (χ3n) is 6.00. The number of sulfone groups is 1. The molecule has 0 spiro atoms. The second-order valence-electron chi connectivity index (χ2n) is 7.63. The van der Waals surface area contributed by atoms with E-state index < -0.39 is 9.84 Å². The molecular weight excluding hydrogens is 294 g/mol. The molecule has 0 atom stereocenters. The zero-order valence-corrected chi connectivity index (χ0v) is 13.6. The number of nitrogens with two attached hydrogens (primary N) is 1. The monoisotopic (exact) mass is 317 g/mol. The summed E-state index contributed by atoms with van der Waals surface area (Å²) in [5.41, 5.74) is 6.94. The molecule has 0 unspecified atom stereocenters. The van der Waals surface area contributed by atoms with Crippen molar-refractivity contribution < 1.29 is 8.42 Å². The lowest BCUT2D eigenvalue weighted by Crippen LogP contribution is -2.48. The smallest absolute Gasteiger partial charge is 0.201 e. The van der Waals surface area contributed by atoms with Crippen LogP contribution in [0.25, 0.3) is 0 Å². The third kappa shape index (κ3) is 2.28. The van der Waals surface area contributed by atoms with Gasteiger partial charge in [-0.15, -0.1) is 0 Å². The summed E-state index contributed by atoms with van der Waals surface area (Å²) in [5.74, 6) is 2.29. The predicted octanol–water partition coefficient (Wildman–Crippen LogP) is 3.48. The van der Waals surface area contributed by atoms with E-state index >= 15 is 0 Å². The molecule has 2 N–H and O–H groups in total. The first-order valence-electron chi connectivity index (χ1n) is 8.25. The lowest BCUT2D eigenvalue weighted by atomic mass is 9.49. The Bertz CT molecular complexity index is 671. The van der Waals surface area contributed by atoms with E-state index in [9.17, 15) is 8.42 Å². The van der Waals surface area contributed by atoms with Crippen molar-refractivity contribution in [2.75, 3.05) is 0 Å². The van der Waals surface area contributed by atoms with Crippen molar-refractivity contribution in [2.24, 2.45) is 28.9 Å². The van der Waals surface area contributed by atoms with Crippen molar-refractivity contribution >= 4 is 9.84 Å². The largest absolute Gasteiger partial charge is 0.401 e. The Kier molecular flexibility index (Phi) is 3.16. The summed E-state index contributed by atoms with van der Waals surface area (Å²) in [6.45, 7) is 0. The van der Waals surface area contributed by atoms with E-state index in [1.54, 1.807) is 24.3 Å². The summed E-state index contributed by atoms with van der Waals surface area (Å²) in [7, 11) is -3.44. The molecule has 4 bridgehead atoms. The molecule has 0 heterocycles. The summed E-state index contributed by atoms with van der Waals surface area (Å²) in [6, 6.07) is 8.60. The van der Waals surface area contributed by atoms with E-state index in [2.05, 4.69) is 0 Å². The van der Waals surface area contributed by atoms with Gasteiger partial charge in [0.05, 0.1) is 10.3 Å². The molecule has 0 radical (unpaired) electrons. The molecule has 1 aromatic rings. The van der Waals surface area contributed by atoms with Crippen molar-refractivity contribution in [3.8, 4) is 0 Å². The van der Waals surface area contributed by atoms with E-state index in [-0.39, 0.29) is 5.41 Å². The fraction of sp³-hybridized carbons (Fsp3) is 0.556. The molecule has 0 saturated heterocycles. The Morgan fingerprint density at radius 1 is 1.00 bits per heavy atom. The van der Waals surface area contributed by atoms with Crippen LogP contribution >= 0.6 is 0 Å². The van der Waals surface area contributed by atoms with Crippen LogP contribution in [0.15, 0.2) is 46.3 Å². The first-order chi connectivity index (χ1) is 10.5. The van der Waals surface area contributed by atoms with Crippen LogP contribution in [0, 0.1) is 23.2 Å². The minimum atomic E-state index is -3.44. The van der Waals surface area contributed by atoms with Crippen LogP contribution in [-0.4, -0.2) is 8.42 Å². The number of hydrogen-bond acceptors (Lipinski definition) is 3. The fourth-order valence-corrected chi connectivity index (χ4v) is 6.69. The van der Waals surface area contributed by atoms with Gasteiger partial charge in [0.15, 0.2) is 0 Å². The van der Waals surface area contributed by atoms with Crippen molar-refractivity contribution in [3.05, 3.63) is 41.4 Å². The first-order valence-corrected chi connectivity index (χ1v) is 9.79. The molecular formula is C18H23NO2S. The SMILES string of the molecule is N/C(=C/S(=O)(=O)c1ccccc1)C12CC3CC(CC(C3)C1)C2. The van der Waals surface area contributed by atoms with Crippen LogP contribution in [-0.2, 0) is 9.84 Å². The van der Waals surface area contributed by atoms with E-state index in [0.29, 0.717) is 10.6 Å². The predicted molar refractivity (Wildman–Crippen MR) is 86.5 cm³/mol. The Morgan fingerprint density at radius 3 is 2.00 bits per heavy atom. The minimum Gasteiger partial charge on any atom is -0.401 e. The third-order valence-corrected chi connectivity index (χ3v) is 7.50. The maximum atomic E-state index is 12.6. The molecule has 1 aromatic carbocycles. The van der Waals surface area contributed by atoms with Crippen molar-refractivity contribution in [2.45, 2.75) is 43.4 Å². The fourth-order valence-electron chi connectivity index (χ4n) is 5.43. The van der Waals surface area contributed by atoms with Crippen LogP contribution in [0.2, 0.25) is 0 Å². The van der Waals surface area contributed by atoms with Crippen molar-refractivity contribution in [1.29, 1.82) is 0 Å². The van der Waals surface area contributed by atoms with Gasteiger partial charge in [0, 0.05) is 11.1 Å². The Hall–Kier alpha value is -1.29. The minimum absolute atomic E-state index is 0.0450. The van der Waals surface area contributed by atoms with Crippen LogP contribution in [0.4, 0.5) is 0 Å². The number of hydrogen-bond donors (Lipinski definition) is 1. The summed E-state index contributed by atoms with van der Waals surface area (Å²) in [4.78, 5) is 0.336. The van der Waals surface area contributed by atoms with Gasteiger partial charge < -0.3 is 5.73 Å². The standard InChI is InChI=1S/C18H23NO2S/c19-17(12-22(20,21)16-4-2-1-3-5-16)18-9-13-6-14(10-18)8-15(7-13)11-18/h1-5,12-15H,6-11,19H2/b17-12+. The topological polar surface area (TPSA) is 60.2 Å². The van der Waals surface area contributed by atoms with Crippen LogP contribution in [0.1, 0.15) is 38.5 Å². The molecule has 4 aliphatic rings. The zero-order valence-electron chi connectivity index (χ0n) is 12.7.